The van der Waals surface area contributed by atoms with E-state index in [0.717, 1.165) is 5.41 Å². The molecular weight excluding hydrogens is 448 g/mol. The standard InChI is InChI=1S/C15H10BrCl2NO3S.Na/c16-11-4-5-13(14(18)9-11)15(20)19-23(21,22)7-6-10-2-1-3-12(17)8-10;/h1-9H,(H,19,20);/q;+1/p-1/b7-6+;. The van der Waals surface area contributed by atoms with E-state index in [1.165, 1.54) is 18.2 Å². The molecule has 0 saturated carbocycles. The summed E-state index contributed by atoms with van der Waals surface area (Å²) in [5, 5.41) is 13.4. The second kappa shape index (κ2) is 9.38. The van der Waals surface area contributed by atoms with Gasteiger partial charge < -0.3 is 5.11 Å². The second-order valence-electron chi connectivity index (χ2n) is 4.39. The molecule has 0 amide bonds. The molecule has 0 atom stereocenters. The molecule has 0 unspecified atom stereocenters. The van der Waals surface area contributed by atoms with Gasteiger partial charge in [-0.2, -0.15) is 12.8 Å². The van der Waals surface area contributed by atoms with Crippen LogP contribution < -0.4 is 34.7 Å². The Hall–Kier alpha value is -0.340. The third-order valence-electron chi connectivity index (χ3n) is 2.65. The molecule has 0 N–H and O–H groups in total. The van der Waals surface area contributed by atoms with Crippen LogP contribution >= 0.6 is 39.1 Å². The molecule has 0 aliphatic rings. The van der Waals surface area contributed by atoms with E-state index >= 15 is 0 Å². The normalized spacial score (nSPS) is 12.2. The molecule has 2 rings (SSSR count). The van der Waals surface area contributed by atoms with Gasteiger partial charge in [0, 0.05) is 26.0 Å². The first-order valence-corrected chi connectivity index (χ1v) is 9.23. The van der Waals surface area contributed by atoms with Gasteiger partial charge in [0.2, 0.25) is 0 Å². The molecule has 0 spiro atoms. The summed E-state index contributed by atoms with van der Waals surface area (Å²) in [6.07, 6.45) is 1.31. The summed E-state index contributed by atoms with van der Waals surface area (Å²) in [5.41, 5.74) is 0.583. The van der Waals surface area contributed by atoms with E-state index in [4.69, 9.17) is 23.2 Å². The Morgan fingerprint density at radius 1 is 1.17 bits per heavy atom. The number of hydrogen-bond acceptors (Lipinski definition) is 3. The minimum atomic E-state index is -4.09. The fourth-order valence-electron chi connectivity index (χ4n) is 1.63. The van der Waals surface area contributed by atoms with Gasteiger partial charge in [-0.15, -0.1) is 0 Å². The third kappa shape index (κ3) is 6.52. The van der Waals surface area contributed by atoms with E-state index in [-0.39, 0.29) is 40.1 Å². The van der Waals surface area contributed by atoms with Gasteiger partial charge in [0.05, 0.1) is 5.41 Å². The summed E-state index contributed by atoms with van der Waals surface area (Å²) in [6.45, 7) is 0. The van der Waals surface area contributed by atoms with Crippen LogP contribution in [0.1, 0.15) is 11.1 Å². The molecule has 0 radical (unpaired) electrons. The summed E-state index contributed by atoms with van der Waals surface area (Å²) in [7, 11) is -4.09. The number of hydrogen-bond donors (Lipinski definition) is 0. The number of rotatable bonds is 4. The van der Waals surface area contributed by atoms with Crippen LogP contribution in [0, 0.1) is 0 Å². The predicted molar refractivity (Wildman–Crippen MR) is 95.1 cm³/mol. The Labute approximate surface area is 180 Å². The summed E-state index contributed by atoms with van der Waals surface area (Å²) < 4.78 is 27.7. The van der Waals surface area contributed by atoms with Crippen LogP contribution in [0.4, 0.5) is 0 Å². The van der Waals surface area contributed by atoms with Crippen molar-refractivity contribution in [2.24, 2.45) is 4.40 Å². The monoisotopic (exact) mass is 455 g/mol. The van der Waals surface area contributed by atoms with Crippen LogP contribution in [0.5, 0.6) is 0 Å². The van der Waals surface area contributed by atoms with E-state index < -0.39 is 15.9 Å². The van der Waals surface area contributed by atoms with Gasteiger partial charge in [-0.05, 0) is 35.9 Å². The van der Waals surface area contributed by atoms with Crippen molar-refractivity contribution in [3.8, 4) is 0 Å². The Morgan fingerprint density at radius 2 is 1.88 bits per heavy atom. The van der Waals surface area contributed by atoms with Gasteiger partial charge in [-0.1, -0.05) is 57.3 Å². The number of halogens is 3. The van der Waals surface area contributed by atoms with Crippen molar-refractivity contribution in [2.45, 2.75) is 0 Å². The summed E-state index contributed by atoms with van der Waals surface area (Å²) in [5.74, 6) is -0.932. The first-order chi connectivity index (χ1) is 10.8. The molecule has 2 aromatic rings. The average Bonchev–Trinajstić information content (AvgIpc) is 2.44. The van der Waals surface area contributed by atoms with E-state index in [9.17, 15) is 13.5 Å². The van der Waals surface area contributed by atoms with Gasteiger partial charge in [0.25, 0.3) is 10.0 Å². The Bertz CT molecular complexity index is 901. The number of benzene rings is 2. The van der Waals surface area contributed by atoms with Crippen molar-refractivity contribution in [1.29, 1.82) is 0 Å². The van der Waals surface area contributed by atoms with Crippen LogP contribution in [0.2, 0.25) is 10.0 Å². The Kier molecular flexibility index (Phi) is 8.48. The first-order valence-electron chi connectivity index (χ1n) is 6.18. The van der Waals surface area contributed by atoms with Gasteiger partial charge in [-0.3, -0.25) is 0 Å². The summed E-state index contributed by atoms with van der Waals surface area (Å²) in [6, 6.07) is 11.1. The maximum atomic E-state index is 12.0. The zero-order valence-electron chi connectivity index (χ0n) is 12.4. The number of sulfonamides is 1. The smallest absolute Gasteiger partial charge is 0.858 e. The third-order valence-corrected chi connectivity index (χ3v) is 4.59. The maximum Gasteiger partial charge on any atom is 1.00 e. The van der Waals surface area contributed by atoms with Gasteiger partial charge >= 0.3 is 29.6 Å². The largest absolute Gasteiger partial charge is 1.00 e. The molecule has 9 heteroatoms. The predicted octanol–water partition coefficient (Wildman–Crippen LogP) is 0.867. The van der Waals surface area contributed by atoms with Gasteiger partial charge in [0.15, 0.2) is 0 Å². The fourth-order valence-corrected chi connectivity index (χ4v) is 3.31. The van der Waals surface area contributed by atoms with E-state index in [1.54, 1.807) is 30.3 Å². The number of nitrogens with zero attached hydrogens (tertiary/aromatic N) is 1. The van der Waals surface area contributed by atoms with Gasteiger partial charge in [-0.25, -0.2) is 0 Å². The van der Waals surface area contributed by atoms with Crippen molar-refractivity contribution in [3.05, 3.63) is 73.5 Å². The van der Waals surface area contributed by atoms with Crippen LogP contribution in [-0.4, -0.2) is 14.3 Å². The fraction of sp³-hybridized carbons (Fsp3) is 0. The molecule has 0 fully saturated rings. The minimum absolute atomic E-state index is 0. The molecule has 120 valence electrons. The summed E-state index contributed by atoms with van der Waals surface area (Å²) >= 11 is 14.9. The van der Waals surface area contributed by atoms with Crippen LogP contribution in [-0.2, 0) is 10.0 Å². The molecule has 0 aromatic heterocycles. The van der Waals surface area contributed by atoms with Crippen molar-refractivity contribution in [1.82, 2.24) is 0 Å². The molecule has 24 heavy (non-hydrogen) atoms. The average molecular weight is 457 g/mol. The van der Waals surface area contributed by atoms with Crippen LogP contribution in [0.15, 0.2) is 56.7 Å². The molecule has 0 saturated heterocycles. The Morgan fingerprint density at radius 3 is 2.50 bits per heavy atom. The molecule has 2 aromatic carbocycles. The van der Waals surface area contributed by atoms with Crippen molar-refractivity contribution >= 4 is 61.1 Å². The van der Waals surface area contributed by atoms with Gasteiger partial charge in [0.1, 0.15) is 0 Å². The molecule has 0 heterocycles. The quantitative estimate of drug-likeness (QED) is 0.389. The molecule has 4 nitrogen and oxygen atoms in total. The minimum Gasteiger partial charge on any atom is -0.858 e. The van der Waals surface area contributed by atoms with Crippen molar-refractivity contribution in [3.63, 3.8) is 0 Å². The van der Waals surface area contributed by atoms with Crippen molar-refractivity contribution in [2.75, 3.05) is 0 Å². The molecular formula is C15H9BrCl2NNaO3S. The zero-order valence-corrected chi connectivity index (χ0v) is 18.3. The maximum absolute atomic E-state index is 12.0. The molecule has 0 aliphatic heterocycles. The van der Waals surface area contributed by atoms with Crippen molar-refractivity contribution < 1.29 is 43.1 Å². The summed E-state index contributed by atoms with van der Waals surface area (Å²) in [4.78, 5) is 0. The zero-order chi connectivity index (χ0) is 17.0. The van der Waals surface area contributed by atoms with Crippen LogP contribution in [0.3, 0.4) is 0 Å². The molecule has 0 bridgehead atoms. The topological polar surface area (TPSA) is 69.6 Å². The SMILES string of the molecule is O=S(=O)(/C=C/c1cccc(Cl)c1)/N=C(\[O-])c1ccc(Br)cc1Cl.[Na+]. The van der Waals surface area contributed by atoms with Crippen LogP contribution in [0.25, 0.3) is 6.08 Å². The first kappa shape index (κ1) is 21.7. The van der Waals surface area contributed by atoms with E-state index in [0.29, 0.717) is 15.1 Å². The van der Waals surface area contributed by atoms with E-state index in [1.807, 2.05) is 0 Å². The molecule has 0 aliphatic carbocycles. The van der Waals surface area contributed by atoms with E-state index in [2.05, 4.69) is 20.3 Å². The Balaban J connectivity index is 0.00000288. The second-order valence-corrected chi connectivity index (χ2v) is 7.64.